The van der Waals surface area contributed by atoms with Gasteiger partial charge in [0.1, 0.15) is 5.60 Å². The Morgan fingerprint density at radius 3 is 1.32 bits per heavy atom. The molecule has 0 rings (SSSR count). The average molecular weight is 469 g/mol. The molecule has 0 unspecified atom stereocenters. The second-order valence-corrected chi connectivity index (χ2v) is 8.62. The smallest absolute Gasteiger partial charge is 0.308 e. The molecule has 0 aliphatic heterocycles. The fourth-order valence-electron chi connectivity index (χ4n) is 1.99. The van der Waals surface area contributed by atoms with Gasteiger partial charge in [0.25, 0.3) is 0 Å². The zero-order valence-electron chi connectivity index (χ0n) is 19.5. The van der Waals surface area contributed by atoms with E-state index in [1.165, 1.54) is 11.8 Å². The maximum atomic E-state index is 11.5. The monoisotopic (exact) mass is 468 g/mol. The van der Waals surface area contributed by atoms with E-state index in [9.17, 15) is 9.59 Å². The number of hydrogen-bond donors (Lipinski definition) is 0. The molecule has 0 aromatic heterocycles. The van der Waals surface area contributed by atoms with Crippen LogP contribution >= 0.6 is 11.8 Å². The van der Waals surface area contributed by atoms with Gasteiger partial charge >= 0.3 is 5.97 Å². The molecule has 0 fully saturated rings. The lowest BCUT2D eigenvalue weighted by atomic mass is 10.2. The predicted molar refractivity (Wildman–Crippen MR) is 119 cm³/mol. The first-order chi connectivity index (χ1) is 14.8. The van der Waals surface area contributed by atoms with Crippen molar-refractivity contribution in [3.63, 3.8) is 0 Å². The normalized spacial score (nSPS) is 11.6. The summed E-state index contributed by atoms with van der Waals surface area (Å²) in [5.74, 6) is 0.411. The third-order valence-corrected chi connectivity index (χ3v) is 4.04. The summed E-state index contributed by atoms with van der Waals surface area (Å²) >= 11 is 1.26. The minimum Gasteiger partial charge on any atom is -0.460 e. The van der Waals surface area contributed by atoms with Crippen LogP contribution in [-0.2, 0) is 42.7 Å². The van der Waals surface area contributed by atoms with Crippen LogP contribution in [0.3, 0.4) is 0 Å². The van der Waals surface area contributed by atoms with Gasteiger partial charge in [-0.1, -0.05) is 11.8 Å². The minimum atomic E-state index is -0.466. The Balaban J connectivity index is 3.13. The van der Waals surface area contributed by atoms with Crippen molar-refractivity contribution < 1.29 is 42.7 Å². The standard InChI is InChI=1S/C21H40O9S/c1-19(22)31-18-17-29-16-15-28-14-13-27-12-11-26-10-9-25-8-7-24-6-5-20(23)30-21(2,3)4/h5-18H2,1-4H3. The van der Waals surface area contributed by atoms with Crippen molar-refractivity contribution in [1.29, 1.82) is 0 Å². The molecule has 0 aliphatic carbocycles. The Morgan fingerprint density at radius 1 is 0.613 bits per heavy atom. The maximum Gasteiger partial charge on any atom is 0.308 e. The highest BCUT2D eigenvalue weighted by molar-refractivity contribution is 8.13. The van der Waals surface area contributed by atoms with E-state index in [-0.39, 0.29) is 17.5 Å². The van der Waals surface area contributed by atoms with E-state index in [0.29, 0.717) is 85.0 Å². The fraction of sp³-hybridized carbons (Fsp3) is 0.905. The number of thioether (sulfide) groups is 1. The topological polar surface area (TPSA) is 98.8 Å². The lowest BCUT2D eigenvalue weighted by Gasteiger charge is -2.19. The highest BCUT2D eigenvalue weighted by Crippen LogP contribution is 2.08. The molecule has 0 saturated carbocycles. The second-order valence-electron chi connectivity index (χ2n) is 7.35. The van der Waals surface area contributed by atoms with E-state index >= 15 is 0 Å². The lowest BCUT2D eigenvalue weighted by molar-refractivity contribution is -0.156. The molecular formula is C21H40O9S. The summed E-state index contributed by atoms with van der Waals surface area (Å²) in [4.78, 5) is 22.2. The molecule has 0 saturated heterocycles. The molecule has 0 aromatic carbocycles. The summed E-state index contributed by atoms with van der Waals surface area (Å²) in [5, 5.41) is 0.104. The third-order valence-electron chi connectivity index (χ3n) is 3.26. The van der Waals surface area contributed by atoms with Gasteiger partial charge in [-0.25, -0.2) is 0 Å². The van der Waals surface area contributed by atoms with Crippen molar-refractivity contribution in [3.8, 4) is 0 Å². The van der Waals surface area contributed by atoms with Gasteiger partial charge in [-0.05, 0) is 20.8 Å². The first-order valence-electron chi connectivity index (χ1n) is 10.6. The molecular weight excluding hydrogens is 428 g/mol. The van der Waals surface area contributed by atoms with Gasteiger partial charge < -0.3 is 33.2 Å². The SMILES string of the molecule is CC(=O)SCCOCCOCCOCCOCCOCCOCCC(=O)OC(C)(C)C. The van der Waals surface area contributed by atoms with Crippen LogP contribution in [0.5, 0.6) is 0 Å². The summed E-state index contributed by atoms with van der Waals surface area (Å²) in [6, 6.07) is 0. The van der Waals surface area contributed by atoms with Gasteiger partial charge in [-0.15, -0.1) is 0 Å². The van der Waals surface area contributed by atoms with E-state index in [1.807, 2.05) is 20.8 Å². The van der Waals surface area contributed by atoms with E-state index < -0.39 is 5.60 Å². The second kappa shape index (κ2) is 21.1. The molecule has 0 aliphatic rings. The molecule has 10 heteroatoms. The van der Waals surface area contributed by atoms with Gasteiger partial charge in [0.15, 0.2) is 5.12 Å². The number of rotatable bonds is 21. The summed E-state index contributed by atoms with van der Waals surface area (Å²) in [6.07, 6.45) is 0.237. The quantitative estimate of drug-likeness (QED) is 0.184. The van der Waals surface area contributed by atoms with Crippen LogP contribution in [0.15, 0.2) is 0 Å². The van der Waals surface area contributed by atoms with Crippen molar-refractivity contribution in [2.75, 3.05) is 85.0 Å². The summed E-state index contributed by atoms with van der Waals surface area (Å²) in [5.41, 5.74) is -0.466. The summed E-state index contributed by atoms with van der Waals surface area (Å²) in [6.45, 7) is 12.8. The van der Waals surface area contributed by atoms with Crippen molar-refractivity contribution in [3.05, 3.63) is 0 Å². The number of hydrogen-bond acceptors (Lipinski definition) is 10. The van der Waals surface area contributed by atoms with Crippen molar-refractivity contribution >= 4 is 22.8 Å². The Morgan fingerprint density at radius 2 is 0.968 bits per heavy atom. The Kier molecular flexibility index (Phi) is 20.6. The first-order valence-corrected chi connectivity index (χ1v) is 11.6. The molecule has 9 nitrogen and oxygen atoms in total. The molecule has 31 heavy (non-hydrogen) atoms. The van der Waals surface area contributed by atoms with Gasteiger partial charge in [-0.3, -0.25) is 9.59 Å². The van der Waals surface area contributed by atoms with Crippen LogP contribution in [-0.4, -0.2) is 102 Å². The van der Waals surface area contributed by atoms with Crippen molar-refractivity contribution in [1.82, 2.24) is 0 Å². The minimum absolute atomic E-state index is 0.104. The first kappa shape index (κ1) is 30.2. The average Bonchev–Trinajstić information content (AvgIpc) is 2.67. The highest BCUT2D eigenvalue weighted by Gasteiger charge is 2.15. The molecule has 0 spiro atoms. The van der Waals surface area contributed by atoms with Crippen LogP contribution in [0.4, 0.5) is 0 Å². The summed E-state index contributed by atoms with van der Waals surface area (Å²) in [7, 11) is 0. The molecule has 0 heterocycles. The number of ether oxygens (including phenoxy) is 7. The lowest BCUT2D eigenvalue weighted by Crippen LogP contribution is -2.24. The van der Waals surface area contributed by atoms with Gasteiger partial charge in [0.05, 0.1) is 85.7 Å². The largest absolute Gasteiger partial charge is 0.460 e. The van der Waals surface area contributed by atoms with Crippen LogP contribution < -0.4 is 0 Å². The molecule has 0 atom stereocenters. The van der Waals surface area contributed by atoms with E-state index in [2.05, 4.69) is 0 Å². The Hall–Kier alpha value is -0.750. The number of carbonyl (C=O) groups is 2. The van der Waals surface area contributed by atoms with Crippen molar-refractivity contribution in [2.45, 2.75) is 39.7 Å². The zero-order valence-corrected chi connectivity index (χ0v) is 20.3. The van der Waals surface area contributed by atoms with Gasteiger partial charge in [0, 0.05) is 12.7 Å². The van der Waals surface area contributed by atoms with Crippen LogP contribution in [0.2, 0.25) is 0 Å². The van der Waals surface area contributed by atoms with Crippen LogP contribution in [0.25, 0.3) is 0 Å². The van der Waals surface area contributed by atoms with E-state index in [4.69, 9.17) is 33.2 Å². The molecule has 0 radical (unpaired) electrons. The molecule has 0 N–H and O–H groups in total. The third kappa shape index (κ3) is 27.2. The Bertz CT molecular complexity index is 441. The van der Waals surface area contributed by atoms with E-state index in [0.717, 1.165) is 0 Å². The maximum absolute atomic E-state index is 11.5. The fourth-order valence-corrected chi connectivity index (χ4v) is 2.48. The molecule has 0 amide bonds. The van der Waals surface area contributed by atoms with Crippen LogP contribution in [0, 0.1) is 0 Å². The zero-order chi connectivity index (χ0) is 23.2. The molecule has 0 aromatic rings. The molecule has 0 bridgehead atoms. The van der Waals surface area contributed by atoms with Gasteiger partial charge in [-0.2, -0.15) is 0 Å². The van der Waals surface area contributed by atoms with Gasteiger partial charge in [0.2, 0.25) is 0 Å². The number of carbonyl (C=O) groups excluding carboxylic acids is 2. The molecule has 184 valence electrons. The number of esters is 1. The van der Waals surface area contributed by atoms with Crippen LogP contribution in [0.1, 0.15) is 34.1 Å². The van der Waals surface area contributed by atoms with E-state index in [1.54, 1.807) is 6.92 Å². The van der Waals surface area contributed by atoms with Crippen molar-refractivity contribution in [2.24, 2.45) is 0 Å². The summed E-state index contributed by atoms with van der Waals surface area (Å²) < 4.78 is 37.4. The highest BCUT2D eigenvalue weighted by atomic mass is 32.2. The Labute approximate surface area is 190 Å². The predicted octanol–water partition coefficient (Wildman–Crippen LogP) is 2.10.